The molecule has 1 amide bonds. The van der Waals surface area contributed by atoms with Crippen LogP contribution in [0.3, 0.4) is 0 Å². The second-order valence-electron chi connectivity index (χ2n) is 5.68. The highest BCUT2D eigenvalue weighted by Crippen LogP contribution is 2.24. The molecule has 1 aliphatic carbocycles. The number of rotatable bonds is 3. The molecule has 1 N–H and O–H groups in total. The number of carbonyl (C=O) groups is 1. The van der Waals surface area contributed by atoms with Gasteiger partial charge in [0.05, 0.1) is 5.75 Å². The molecule has 2 fully saturated rings. The van der Waals surface area contributed by atoms with Gasteiger partial charge in [-0.25, -0.2) is 0 Å². The Morgan fingerprint density at radius 1 is 1.26 bits per heavy atom. The van der Waals surface area contributed by atoms with E-state index in [0.29, 0.717) is 17.7 Å². The smallest absolute Gasteiger partial charge is 0.230 e. The van der Waals surface area contributed by atoms with Crippen molar-refractivity contribution in [1.82, 2.24) is 10.2 Å². The molecule has 2 rings (SSSR count). The van der Waals surface area contributed by atoms with Crippen LogP contribution in [0.15, 0.2) is 0 Å². The van der Waals surface area contributed by atoms with Crippen molar-refractivity contribution < 1.29 is 4.79 Å². The van der Waals surface area contributed by atoms with Crippen molar-refractivity contribution in [2.45, 2.75) is 51.5 Å². The van der Waals surface area contributed by atoms with Crippen LogP contribution in [0.2, 0.25) is 0 Å². The van der Waals surface area contributed by atoms with Crippen LogP contribution in [0.4, 0.5) is 0 Å². The van der Waals surface area contributed by atoms with Crippen molar-refractivity contribution in [3.05, 3.63) is 0 Å². The van der Waals surface area contributed by atoms with Gasteiger partial charge in [-0.1, -0.05) is 43.7 Å². The number of nitrogens with one attached hydrogen (secondary N) is 1. The molecule has 0 aromatic carbocycles. The Labute approximate surface area is 125 Å². The van der Waals surface area contributed by atoms with Gasteiger partial charge in [-0.3, -0.25) is 4.79 Å². The fourth-order valence-corrected chi connectivity index (χ4v) is 3.96. The average Bonchev–Trinajstić information content (AvgIpc) is 2.93. The Morgan fingerprint density at radius 2 is 1.95 bits per heavy atom. The first-order chi connectivity index (χ1) is 9.16. The SMILES string of the molecule is CC1CCCCC1NC(=O)CSC(=S)N1CCCC1. The highest BCUT2D eigenvalue weighted by molar-refractivity contribution is 8.23. The van der Waals surface area contributed by atoms with E-state index in [0.717, 1.165) is 23.8 Å². The molecule has 1 heterocycles. The molecule has 1 saturated carbocycles. The standard InChI is InChI=1S/C14H24N2OS2/c1-11-6-2-3-7-12(11)15-13(17)10-19-14(18)16-8-4-5-9-16/h11-12H,2-10H2,1H3,(H,15,17). The fraction of sp³-hybridized carbons (Fsp3) is 0.857. The number of nitrogens with zero attached hydrogens (tertiary/aromatic N) is 1. The summed E-state index contributed by atoms with van der Waals surface area (Å²) in [5, 5.41) is 3.18. The van der Waals surface area contributed by atoms with Crippen LogP contribution in [0, 0.1) is 5.92 Å². The van der Waals surface area contributed by atoms with E-state index in [9.17, 15) is 4.79 Å². The lowest BCUT2D eigenvalue weighted by atomic mass is 9.86. The van der Waals surface area contributed by atoms with Crippen LogP contribution in [0.5, 0.6) is 0 Å². The molecule has 19 heavy (non-hydrogen) atoms. The van der Waals surface area contributed by atoms with Crippen molar-refractivity contribution in [3.63, 3.8) is 0 Å². The lowest BCUT2D eigenvalue weighted by molar-refractivity contribution is -0.119. The molecule has 108 valence electrons. The summed E-state index contributed by atoms with van der Waals surface area (Å²) in [5.41, 5.74) is 0. The minimum Gasteiger partial charge on any atom is -0.358 e. The van der Waals surface area contributed by atoms with Gasteiger partial charge in [0.2, 0.25) is 5.91 Å². The van der Waals surface area contributed by atoms with Gasteiger partial charge in [-0.15, -0.1) is 0 Å². The number of likely N-dealkylation sites (tertiary alicyclic amines) is 1. The first kappa shape index (κ1) is 15.1. The minimum absolute atomic E-state index is 0.144. The van der Waals surface area contributed by atoms with E-state index >= 15 is 0 Å². The Kier molecular flexibility index (Phi) is 5.95. The Hall–Kier alpha value is -0.290. The molecular weight excluding hydrogens is 276 g/mol. The van der Waals surface area contributed by atoms with Crippen molar-refractivity contribution in [3.8, 4) is 0 Å². The molecule has 0 aromatic heterocycles. The third-order valence-electron chi connectivity index (χ3n) is 4.15. The summed E-state index contributed by atoms with van der Waals surface area (Å²) in [7, 11) is 0. The highest BCUT2D eigenvalue weighted by Gasteiger charge is 2.23. The second kappa shape index (κ2) is 7.48. The summed E-state index contributed by atoms with van der Waals surface area (Å²) in [5.74, 6) is 1.23. The first-order valence-corrected chi connectivity index (χ1v) is 8.77. The molecule has 2 atom stereocenters. The highest BCUT2D eigenvalue weighted by atomic mass is 32.2. The Bertz CT molecular complexity index is 329. The zero-order valence-electron chi connectivity index (χ0n) is 11.7. The number of amides is 1. The van der Waals surface area contributed by atoms with Gasteiger partial charge < -0.3 is 10.2 Å². The van der Waals surface area contributed by atoms with Crippen LogP contribution in [0.1, 0.15) is 45.4 Å². The van der Waals surface area contributed by atoms with Gasteiger partial charge in [0.25, 0.3) is 0 Å². The van der Waals surface area contributed by atoms with Crippen LogP contribution < -0.4 is 5.32 Å². The number of thioether (sulfide) groups is 1. The normalized spacial score (nSPS) is 27.3. The molecule has 0 aromatic rings. The predicted molar refractivity (Wildman–Crippen MR) is 85.4 cm³/mol. The molecule has 0 radical (unpaired) electrons. The van der Waals surface area contributed by atoms with E-state index in [4.69, 9.17) is 12.2 Å². The molecule has 3 nitrogen and oxygen atoms in total. The van der Waals surface area contributed by atoms with E-state index in [1.54, 1.807) is 0 Å². The lowest BCUT2D eigenvalue weighted by Gasteiger charge is -2.29. The van der Waals surface area contributed by atoms with Gasteiger partial charge >= 0.3 is 0 Å². The minimum atomic E-state index is 0.144. The summed E-state index contributed by atoms with van der Waals surface area (Å²) in [6, 6.07) is 0.377. The third-order valence-corrected chi connectivity index (χ3v) is 5.67. The number of hydrogen-bond acceptors (Lipinski definition) is 3. The second-order valence-corrected chi connectivity index (χ2v) is 7.29. The summed E-state index contributed by atoms with van der Waals surface area (Å²) < 4.78 is 0.893. The zero-order valence-corrected chi connectivity index (χ0v) is 13.3. The van der Waals surface area contributed by atoms with E-state index < -0.39 is 0 Å². The van der Waals surface area contributed by atoms with Crippen molar-refractivity contribution >= 4 is 34.2 Å². The fourth-order valence-electron chi connectivity index (χ4n) is 2.90. The van der Waals surface area contributed by atoms with E-state index in [-0.39, 0.29) is 5.91 Å². The average molecular weight is 300 g/mol. The maximum atomic E-state index is 12.0. The summed E-state index contributed by atoms with van der Waals surface area (Å²) in [4.78, 5) is 14.2. The summed E-state index contributed by atoms with van der Waals surface area (Å²) >= 11 is 6.89. The molecular formula is C14H24N2OS2. The molecule has 0 spiro atoms. The topological polar surface area (TPSA) is 32.3 Å². The van der Waals surface area contributed by atoms with Gasteiger partial charge in [-0.2, -0.15) is 0 Å². The lowest BCUT2D eigenvalue weighted by Crippen LogP contribution is -2.42. The Morgan fingerprint density at radius 3 is 2.63 bits per heavy atom. The molecule has 1 saturated heterocycles. The molecule has 0 bridgehead atoms. The molecule has 2 unspecified atom stereocenters. The number of carbonyl (C=O) groups excluding carboxylic acids is 1. The zero-order chi connectivity index (χ0) is 13.7. The van der Waals surface area contributed by atoms with Crippen molar-refractivity contribution in [2.75, 3.05) is 18.8 Å². The maximum Gasteiger partial charge on any atom is 0.230 e. The van der Waals surface area contributed by atoms with Crippen LogP contribution in [-0.4, -0.2) is 40.0 Å². The predicted octanol–water partition coefficient (Wildman–Crippen LogP) is 2.80. The van der Waals surface area contributed by atoms with Gasteiger partial charge in [0, 0.05) is 19.1 Å². The summed E-state index contributed by atoms with van der Waals surface area (Å²) in [6.45, 7) is 4.37. The van der Waals surface area contributed by atoms with Gasteiger partial charge in [0.1, 0.15) is 4.32 Å². The first-order valence-electron chi connectivity index (χ1n) is 7.38. The van der Waals surface area contributed by atoms with E-state index in [2.05, 4.69) is 17.1 Å². The quantitative estimate of drug-likeness (QED) is 0.812. The number of hydrogen-bond donors (Lipinski definition) is 1. The number of thiocarbonyl (C=S) groups is 1. The van der Waals surface area contributed by atoms with Gasteiger partial charge in [0.15, 0.2) is 0 Å². The maximum absolute atomic E-state index is 12.0. The van der Waals surface area contributed by atoms with Gasteiger partial charge in [-0.05, 0) is 31.6 Å². The molecule has 5 heteroatoms. The van der Waals surface area contributed by atoms with Crippen LogP contribution >= 0.6 is 24.0 Å². The van der Waals surface area contributed by atoms with E-state index in [1.807, 2.05) is 0 Å². The van der Waals surface area contributed by atoms with Crippen molar-refractivity contribution in [1.29, 1.82) is 0 Å². The van der Waals surface area contributed by atoms with Crippen molar-refractivity contribution in [2.24, 2.45) is 5.92 Å². The summed E-state index contributed by atoms with van der Waals surface area (Å²) in [6.07, 6.45) is 7.38. The Balaban J connectivity index is 1.67. The molecule has 2 aliphatic rings. The largest absolute Gasteiger partial charge is 0.358 e. The van der Waals surface area contributed by atoms with Crippen LogP contribution in [0.25, 0.3) is 0 Å². The third kappa shape index (κ3) is 4.63. The monoisotopic (exact) mass is 300 g/mol. The van der Waals surface area contributed by atoms with Crippen LogP contribution in [-0.2, 0) is 4.79 Å². The molecule has 1 aliphatic heterocycles. The van der Waals surface area contributed by atoms with E-state index in [1.165, 1.54) is 43.9 Å².